The molecule has 0 bridgehead atoms. The van der Waals surface area contributed by atoms with Gasteiger partial charge in [0, 0.05) is 0 Å². The van der Waals surface area contributed by atoms with E-state index in [4.69, 9.17) is 22.7 Å². The smallest absolute Gasteiger partial charge is 0.137 e. The van der Waals surface area contributed by atoms with Crippen LogP contribution in [-0.4, -0.2) is 4.99 Å². The molecule has 0 saturated carbocycles. The van der Waals surface area contributed by atoms with Gasteiger partial charge in [0.1, 0.15) is 22.3 Å². The summed E-state index contributed by atoms with van der Waals surface area (Å²) in [4.78, 5) is 0.109. The van der Waals surface area contributed by atoms with Crippen LogP contribution >= 0.6 is 12.2 Å². The summed E-state index contributed by atoms with van der Waals surface area (Å²) < 4.78 is 18.9. The van der Waals surface area contributed by atoms with Crippen molar-refractivity contribution in [2.45, 2.75) is 6.92 Å². The fourth-order valence-electron chi connectivity index (χ4n) is 1.57. The van der Waals surface area contributed by atoms with Gasteiger partial charge in [-0.3, -0.25) is 0 Å². The molecule has 0 aliphatic heterocycles. The van der Waals surface area contributed by atoms with Crippen LogP contribution in [-0.2, 0) is 0 Å². The Kier molecular flexibility index (Phi) is 3.58. The van der Waals surface area contributed by atoms with Crippen molar-refractivity contribution in [1.29, 1.82) is 0 Å². The highest BCUT2D eigenvalue weighted by atomic mass is 32.1. The van der Waals surface area contributed by atoms with Crippen molar-refractivity contribution in [3.05, 3.63) is 59.4 Å². The van der Waals surface area contributed by atoms with Crippen molar-refractivity contribution in [2.75, 3.05) is 0 Å². The summed E-state index contributed by atoms with van der Waals surface area (Å²) in [5.74, 6) is 0.759. The Labute approximate surface area is 110 Å². The van der Waals surface area contributed by atoms with Crippen molar-refractivity contribution in [3.8, 4) is 11.5 Å². The third-order valence-electron chi connectivity index (χ3n) is 2.52. The molecule has 92 valence electrons. The van der Waals surface area contributed by atoms with E-state index in [1.54, 1.807) is 0 Å². The minimum atomic E-state index is -0.394. The number of benzene rings is 2. The molecule has 0 spiro atoms. The Balaban J connectivity index is 2.41. The lowest BCUT2D eigenvalue weighted by Gasteiger charge is -2.12. The van der Waals surface area contributed by atoms with E-state index >= 15 is 0 Å². The highest BCUT2D eigenvalue weighted by Gasteiger charge is 2.10. The van der Waals surface area contributed by atoms with Gasteiger partial charge in [-0.15, -0.1) is 0 Å². The highest BCUT2D eigenvalue weighted by molar-refractivity contribution is 7.80. The Bertz CT molecular complexity index is 598. The number of thiocarbonyl (C=S) groups is 1. The number of aryl methyl sites for hydroxylation is 1. The zero-order chi connectivity index (χ0) is 13.1. The van der Waals surface area contributed by atoms with E-state index in [0.29, 0.717) is 17.1 Å². The van der Waals surface area contributed by atoms with Crippen molar-refractivity contribution < 1.29 is 9.13 Å². The molecule has 18 heavy (non-hydrogen) atoms. The molecule has 0 heterocycles. The molecule has 2 aromatic rings. The molecular weight excluding hydrogens is 249 g/mol. The van der Waals surface area contributed by atoms with Crippen LogP contribution in [0.3, 0.4) is 0 Å². The summed E-state index contributed by atoms with van der Waals surface area (Å²) in [6.07, 6.45) is 0. The van der Waals surface area contributed by atoms with Gasteiger partial charge in [-0.1, -0.05) is 30.4 Å². The molecule has 2 N–H and O–H groups in total. The topological polar surface area (TPSA) is 35.2 Å². The second-order valence-electron chi connectivity index (χ2n) is 3.87. The Morgan fingerprint density at radius 3 is 2.56 bits per heavy atom. The average molecular weight is 261 g/mol. The summed E-state index contributed by atoms with van der Waals surface area (Å²) in [6, 6.07) is 11.7. The third-order valence-corrected chi connectivity index (χ3v) is 2.74. The maximum absolute atomic E-state index is 13.2. The molecule has 0 unspecified atom stereocenters. The van der Waals surface area contributed by atoms with Gasteiger partial charge in [0.15, 0.2) is 0 Å². The van der Waals surface area contributed by atoms with Crippen molar-refractivity contribution in [1.82, 2.24) is 0 Å². The molecule has 0 amide bonds. The fourth-order valence-corrected chi connectivity index (χ4v) is 1.73. The number of rotatable bonds is 3. The molecule has 0 fully saturated rings. The number of halogens is 1. The summed E-state index contributed by atoms with van der Waals surface area (Å²) in [5, 5.41) is 0. The maximum Gasteiger partial charge on any atom is 0.137 e. The van der Waals surface area contributed by atoms with E-state index in [1.165, 1.54) is 18.2 Å². The van der Waals surface area contributed by atoms with Gasteiger partial charge in [-0.25, -0.2) is 4.39 Å². The van der Waals surface area contributed by atoms with Crippen molar-refractivity contribution in [3.63, 3.8) is 0 Å². The van der Waals surface area contributed by atoms with Crippen LogP contribution in [0.5, 0.6) is 11.5 Å². The minimum absolute atomic E-state index is 0.109. The quantitative estimate of drug-likeness (QED) is 0.858. The summed E-state index contributed by atoms with van der Waals surface area (Å²) in [7, 11) is 0. The maximum atomic E-state index is 13.2. The van der Waals surface area contributed by atoms with E-state index in [2.05, 4.69) is 0 Å². The second-order valence-corrected chi connectivity index (χ2v) is 4.31. The van der Waals surface area contributed by atoms with Crippen LogP contribution in [0.25, 0.3) is 0 Å². The van der Waals surface area contributed by atoms with Crippen LogP contribution in [0.2, 0.25) is 0 Å². The van der Waals surface area contributed by atoms with Gasteiger partial charge in [0.05, 0.1) is 5.56 Å². The van der Waals surface area contributed by atoms with Crippen molar-refractivity contribution in [2.24, 2.45) is 5.73 Å². The predicted octanol–water partition coefficient (Wildman–Crippen LogP) is 3.56. The van der Waals surface area contributed by atoms with Crippen LogP contribution in [0, 0.1) is 12.7 Å². The number of hydrogen-bond donors (Lipinski definition) is 1. The Morgan fingerprint density at radius 1 is 1.17 bits per heavy atom. The van der Waals surface area contributed by atoms with Gasteiger partial charge in [-0.2, -0.15) is 0 Å². The number of ether oxygens (including phenoxy) is 1. The monoisotopic (exact) mass is 261 g/mol. The van der Waals surface area contributed by atoms with E-state index in [0.717, 1.165) is 5.56 Å². The molecule has 2 rings (SSSR count). The predicted molar refractivity (Wildman–Crippen MR) is 73.5 cm³/mol. The van der Waals surface area contributed by atoms with Gasteiger partial charge < -0.3 is 10.5 Å². The summed E-state index contributed by atoms with van der Waals surface area (Å²) in [6.45, 7) is 1.93. The lowest BCUT2D eigenvalue weighted by molar-refractivity contribution is 0.476. The summed E-state index contributed by atoms with van der Waals surface area (Å²) in [5.41, 5.74) is 6.94. The zero-order valence-corrected chi connectivity index (χ0v) is 10.6. The molecule has 4 heteroatoms. The number of hydrogen-bond acceptors (Lipinski definition) is 2. The molecule has 0 aliphatic carbocycles. The molecule has 2 aromatic carbocycles. The van der Waals surface area contributed by atoms with Crippen LogP contribution in [0.1, 0.15) is 11.1 Å². The Morgan fingerprint density at radius 2 is 1.89 bits per heavy atom. The lowest BCUT2D eigenvalue weighted by atomic mass is 10.2. The van der Waals surface area contributed by atoms with E-state index in [9.17, 15) is 4.39 Å². The summed E-state index contributed by atoms with van der Waals surface area (Å²) >= 11 is 4.89. The van der Waals surface area contributed by atoms with E-state index in [-0.39, 0.29) is 4.99 Å². The van der Waals surface area contributed by atoms with E-state index < -0.39 is 5.82 Å². The Hall–Kier alpha value is -1.94. The van der Waals surface area contributed by atoms with Crippen molar-refractivity contribution >= 4 is 17.2 Å². The molecular formula is C14H12FNOS. The number of nitrogens with two attached hydrogens (primary N) is 1. The molecule has 0 radical (unpaired) electrons. The molecule has 0 aromatic heterocycles. The normalized spacial score (nSPS) is 10.1. The largest absolute Gasteiger partial charge is 0.456 e. The third kappa shape index (κ3) is 2.65. The first kappa shape index (κ1) is 12.5. The zero-order valence-electron chi connectivity index (χ0n) is 9.81. The first-order valence-electron chi connectivity index (χ1n) is 5.41. The van der Waals surface area contributed by atoms with Gasteiger partial charge in [0.2, 0.25) is 0 Å². The standard InChI is InChI=1S/C14H12FNOS/c1-9-4-2-3-5-12(9)17-13-7-6-10(15)8-11(13)14(16)18/h2-8H,1H3,(H2,16,18). The second kappa shape index (κ2) is 5.14. The van der Waals surface area contributed by atoms with E-state index in [1.807, 2.05) is 31.2 Å². The lowest BCUT2D eigenvalue weighted by Crippen LogP contribution is -2.11. The fraction of sp³-hybridized carbons (Fsp3) is 0.0714. The molecule has 2 nitrogen and oxygen atoms in total. The minimum Gasteiger partial charge on any atom is -0.456 e. The average Bonchev–Trinajstić information content (AvgIpc) is 2.34. The number of para-hydroxylation sites is 1. The SMILES string of the molecule is Cc1ccccc1Oc1ccc(F)cc1C(N)=S. The van der Waals surface area contributed by atoms with Crippen LogP contribution < -0.4 is 10.5 Å². The molecule has 0 aliphatic rings. The first-order chi connectivity index (χ1) is 8.58. The highest BCUT2D eigenvalue weighted by Crippen LogP contribution is 2.28. The molecule has 0 saturated heterocycles. The van der Waals surface area contributed by atoms with Crippen LogP contribution in [0.4, 0.5) is 4.39 Å². The van der Waals surface area contributed by atoms with Gasteiger partial charge in [0.25, 0.3) is 0 Å². The molecule has 0 atom stereocenters. The first-order valence-corrected chi connectivity index (χ1v) is 5.81. The van der Waals surface area contributed by atoms with Crippen LogP contribution in [0.15, 0.2) is 42.5 Å². The van der Waals surface area contributed by atoms with Gasteiger partial charge >= 0.3 is 0 Å². The van der Waals surface area contributed by atoms with Gasteiger partial charge in [-0.05, 0) is 36.8 Å².